The molecule has 9 heteroatoms. The van der Waals surface area contributed by atoms with Gasteiger partial charge in [-0.2, -0.15) is 0 Å². The number of furan rings is 1. The van der Waals surface area contributed by atoms with Crippen LogP contribution in [-0.4, -0.2) is 56.8 Å². The molecule has 3 saturated carbocycles. The maximum atomic E-state index is 13.6. The minimum Gasteiger partial charge on any atom is -0.457 e. The Hall–Kier alpha value is -1.93. The number of allylic oxidation sites excluding steroid dienone is 4. The molecule has 8 atom stereocenters. The number of halogens is 2. The normalized spacial score (nSPS) is 41.2. The van der Waals surface area contributed by atoms with E-state index in [9.17, 15) is 19.5 Å². The number of ketones is 2. The summed E-state index contributed by atoms with van der Waals surface area (Å²) in [4.78, 5) is 37.7. The second-order valence-corrected chi connectivity index (χ2v) is 12.3. The maximum absolute atomic E-state index is 13.6. The van der Waals surface area contributed by atoms with Gasteiger partial charge in [0.1, 0.15) is 0 Å². The van der Waals surface area contributed by atoms with Gasteiger partial charge in [0.2, 0.25) is 5.76 Å². The quantitative estimate of drug-likeness (QED) is 0.394. The standard InChI is InChI=1S/C27H30Cl2O6.C2H6O/c1-15-11-19-18-7-6-16-12-17(30)8-9-24(16,2)26(18,29)21(31)13-25(19,3)27(15,22(32)14-28)35-23(33)20-5-4-10-34-20;1-2-3/h4-5,8-10,12,15,18-19,21,31H,6-7,11,13-14H2,1-3H3;3H,2H2,1H3/t15-,18+,19+,21+,24+,25+,26?,27+;/m1./s1. The molecule has 0 amide bonds. The molecule has 208 valence electrons. The van der Waals surface area contributed by atoms with Crippen molar-refractivity contribution in [1.29, 1.82) is 0 Å². The summed E-state index contributed by atoms with van der Waals surface area (Å²) < 4.78 is 11.3. The van der Waals surface area contributed by atoms with Gasteiger partial charge in [-0.05, 0) is 68.7 Å². The van der Waals surface area contributed by atoms with Gasteiger partial charge < -0.3 is 19.4 Å². The van der Waals surface area contributed by atoms with E-state index in [1.807, 2.05) is 26.8 Å². The third-order valence-corrected chi connectivity index (χ3v) is 10.9. The van der Waals surface area contributed by atoms with Crippen LogP contribution in [-0.2, 0) is 14.3 Å². The summed E-state index contributed by atoms with van der Waals surface area (Å²) in [5, 5.41) is 19.3. The number of carbonyl (C=O) groups excluding carboxylic acids is 3. The molecule has 7 nitrogen and oxygen atoms in total. The third kappa shape index (κ3) is 3.87. The van der Waals surface area contributed by atoms with Gasteiger partial charge in [0.05, 0.1) is 23.1 Å². The van der Waals surface area contributed by atoms with Crippen LogP contribution >= 0.6 is 23.2 Å². The number of ether oxygens (including phenoxy) is 1. The SMILES string of the molecule is CCO.C[C@@H]1C[C@H]2[C@@H]3CCC4=CC(=O)C=C[C@]4(C)C3(Cl)[C@@H](O)C[C@]2(C)[C@@]1(OC(=O)c1ccco1)C(=O)CCl. The average Bonchev–Trinajstić information content (AvgIpc) is 3.48. The number of hydrogen-bond acceptors (Lipinski definition) is 7. The van der Waals surface area contributed by atoms with E-state index >= 15 is 0 Å². The lowest BCUT2D eigenvalue weighted by atomic mass is 9.45. The lowest BCUT2D eigenvalue weighted by Gasteiger charge is -2.64. The first-order valence-corrected chi connectivity index (χ1v) is 14.1. The molecule has 3 fully saturated rings. The monoisotopic (exact) mass is 566 g/mol. The number of rotatable bonds is 4. The highest BCUT2D eigenvalue weighted by atomic mass is 35.5. The summed E-state index contributed by atoms with van der Waals surface area (Å²) >= 11 is 13.6. The minimum atomic E-state index is -1.53. The summed E-state index contributed by atoms with van der Waals surface area (Å²) in [6.07, 6.45) is 7.44. The Morgan fingerprint density at radius 2 is 1.95 bits per heavy atom. The van der Waals surface area contributed by atoms with Crippen molar-refractivity contribution in [3.63, 3.8) is 0 Å². The van der Waals surface area contributed by atoms with Crippen molar-refractivity contribution >= 4 is 40.7 Å². The molecule has 1 aromatic heterocycles. The molecule has 4 aliphatic rings. The zero-order valence-corrected chi connectivity index (χ0v) is 23.7. The maximum Gasteiger partial charge on any atom is 0.375 e. The number of carbonyl (C=O) groups is 3. The predicted molar refractivity (Wildman–Crippen MR) is 143 cm³/mol. The largest absolute Gasteiger partial charge is 0.457 e. The van der Waals surface area contributed by atoms with Gasteiger partial charge in [0, 0.05) is 23.4 Å². The minimum absolute atomic E-state index is 0.00557. The van der Waals surface area contributed by atoms with Crippen molar-refractivity contribution < 1.29 is 33.8 Å². The van der Waals surface area contributed by atoms with E-state index in [1.165, 1.54) is 18.4 Å². The molecule has 0 bridgehead atoms. The second-order valence-electron chi connectivity index (χ2n) is 11.4. The lowest BCUT2D eigenvalue weighted by molar-refractivity contribution is -0.177. The van der Waals surface area contributed by atoms with Crippen molar-refractivity contribution in [3.05, 3.63) is 48.0 Å². The van der Waals surface area contributed by atoms with Crippen molar-refractivity contribution in [2.75, 3.05) is 12.5 Å². The van der Waals surface area contributed by atoms with E-state index in [-0.39, 0.29) is 54.0 Å². The second kappa shape index (κ2) is 10.2. The Balaban J connectivity index is 0.00000107. The number of hydrogen-bond donors (Lipinski definition) is 2. The average molecular weight is 568 g/mol. The number of aliphatic hydroxyl groups is 2. The van der Waals surface area contributed by atoms with Crippen LogP contribution in [0.5, 0.6) is 0 Å². The molecule has 1 aromatic rings. The fourth-order valence-corrected chi connectivity index (χ4v) is 8.81. The molecule has 5 rings (SSSR count). The van der Waals surface area contributed by atoms with Crippen LogP contribution in [0, 0.1) is 28.6 Å². The summed E-state index contributed by atoms with van der Waals surface area (Å²) in [6.45, 7) is 7.74. The van der Waals surface area contributed by atoms with E-state index in [2.05, 4.69) is 0 Å². The van der Waals surface area contributed by atoms with Gasteiger partial charge >= 0.3 is 5.97 Å². The molecular weight excluding hydrogens is 531 g/mol. The van der Waals surface area contributed by atoms with Gasteiger partial charge in [-0.25, -0.2) is 4.79 Å². The Labute approximate surface area is 233 Å². The van der Waals surface area contributed by atoms with E-state index < -0.39 is 33.4 Å². The molecule has 4 aliphatic carbocycles. The van der Waals surface area contributed by atoms with Crippen molar-refractivity contribution in [1.82, 2.24) is 0 Å². The lowest BCUT2D eigenvalue weighted by Crippen LogP contribution is -2.69. The first kappa shape index (κ1) is 29.1. The number of alkyl halides is 2. The predicted octanol–water partition coefficient (Wildman–Crippen LogP) is 4.87. The topological polar surface area (TPSA) is 114 Å². The van der Waals surface area contributed by atoms with Crippen LogP contribution in [0.2, 0.25) is 0 Å². The molecule has 38 heavy (non-hydrogen) atoms. The van der Waals surface area contributed by atoms with Crippen LogP contribution < -0.4 is 0 Å². The molecular formula is C29H36Cl2O7. The molecule has 1 heterocycles. The number of esters is 1. The van der Waals surface area contributed by atoms with Crippen LogP contribution in [0.3, 0.4) is 0 Å². The summed E-state index contributed by atoms with van der Waals surface area (Å²) in [7, 11) is 0. The van der Waals surface area contributed by atoms with Gasteiger partial charge in [-0.15, -0.1) is 23.2 Å². The molecule has 0 saturated heterocycles. The smallest absolute Gasteiger partial charge is 0.375 e. The van der Waals surface area contributed by atoms with Gasteiger partial charge in [0.15, 0.2) is 17.2 Å². The van der Waals surface area contributed by atoms with Crippen molar-refractivity contribution in [3.8, 4) is 0 Å². The van der Waals surface area contributed by atoms with E-state index in [1.54, 1.807) is 19.1 Å². The summed E-state index contributed by atoms with van der Waals surface area (Å²) in [5.74, 6) is -2.12. The Bertz CT molecular complexity index is 1160. The molecule has 0 aliphatic heterocycles. The first-order chi connectivity index (χ1) is 17.9. The zero-order chi connectivity index (χ0) is 28.1. The highest BCUT2D eigenvalue weighted by molar-refractivity contribution is 6.29. The van der Waals surface area contributed by atoms with Crippen molar-refractivity contribution in [2.24, 2.45) is 28.6 Å². The van der Waals surface area contributed by atoms with Crippen LogP contribution in [0.15, 0.2) is 46.6 Å². The van der Waals surface area contributed by atoms with Crippen LogP contribution in [0.25, 0.3) is 0 Å². The Morgan fingerprint density at radius 3 is 2.55 bits per heavy atom. The first-order valence-electron chi connectivity index (χ1n) is 13.2. The van der Waals surface area contributed by atoms with E-state index in [4.69, 9.17) is 37.5 Å². The van der Waals surface area contributed by atoms with Gasteiger partial charge in [-0.1, -0.05) is 32.4 Å². The summed E-state index contributed by atoms with van der Waals surface area (Å²) in [6, 6.07) is 3.07. The van der Waals surface area contributed by atoms with Crippen LogP contribution in [0.4, 0.5) is 0 Å². The molecule has 0 aromatic carbocycles. The Morgan fingerprint density at radius 1 is 1.26 bits per heavy atom. The highest BCUT2D eigenvalue weighted by Crippen LogP contribution is 2.72. The Kier molecular flexibility index (Phi) is 7.83. The van der Waals surface area contributed by atoms with Crippen LogP contribution in [0.1, 0.15) is 63.9 Å². The van der Waals surface area contributed by atoms with E-state index in [0.29, 0.717) is 19.3 Å². The number of aliphatic hydroxyl groups excluding tert-OH is 2. The fraction of sp³-hybridized carbons (Fsp3) is 0.621. The fourth-order valence-electron chi connectivity index (χ4n) is 8.09. The molecule has 0 spiro atoms. The third-order valence-electron chi connectivity index (χ3n) is 9.69. The number of Topliss-reactive ketones (excluding diaryl/α,β-unsaturated/α-hetero) is 1. The number of fused-ring (bicyclic) bond motifs is 5. The summed E-state index contributed by atoms with van der Waals surface area (Å²) in [5.41, 5.74) is -2.20. The van der Waals surface area contributed by atoms with Crippen molar-refractivity contribution in [2.45, 2.75) is 70.0 Å². The molecule has 1 unspecified atom stereocenters. The zero-order valence-electron chi connectivity index (χ0n) is 22.2. The molecule has 0 radical (unpaired) electrons. The molecule has 2 N–H and O–H groups in total. The van der Waals surface area contributed by atoms with Gasteiger partial charge in [0.25, 0.3) is 0 Å². The van der Waals surface area contributed by atoms with Gasteiger partial charge in [-0.3, -0.25) is 9.59 Å². The van der Waals surface area contributed by atoms with E-state index in [0.717, 1.165) is 5.57 Å². The highest BCUT2D eigenvalue weighted by Gasteiger charge is 2.76.